The third-order valence-electron chi connectivity index (χ3n) is 3.71. The molecule has 6 heteroatoms. The van der Waals surface area contributed by atoms with Crippen molar-refractivity contribution >= 4 is 29.0 Å². The molecule has 1 atom stereocenters. The van der Waals surface area contributed by atoms with E-state index in [-0.39, 0.29) is 11.9 Å². The summed E-state index contributed by atoms with van der Waals surface area (Å²) in [5.41, 5.74) is 2.72. The number of nitrogens with one attached hydrogen (secondary N) is 1. The highest BCUT2D eigenvalue weighted by Gasteiger charge is 2.15. The molecule has 3 aromatic rings. The van der Waals surface area contributed by atoms with Crippen LogP contribution < -0.4 is 5.32 Å². The Hall–Kier alpha value is -2.18. The van der Waals surface area contributed by atoms with Crippen LogP contribution in [-0.4, -0.2) is 15.9 Å². The molecule has 128 valence electrons. The summed E-state index contributed by atoms with van der Waals surface area (Å²) in [7, 11) is 0. The number of aryl methyl sites for hydroxylation is 1. The summed E-state index contributed by atoms with van der Waals surface area (Å²) in [4.78, 5) is 22.3. The maximum absolute atomic E-state index is 12.7. The number of hydrogen-bond acceptors (Lipinski definition) is 5. The summed E-state index contributed by atoms with van der Waals surface area (Å²) >= 11 is 3.28. The first-order valence-electron chi connectivity index (χ1n) is 7.97. The van der Waals surface area contributed by atoms with E-state index >= 15 is 0 Å². The smallest absolute Gasteiger partial charge is 0.252 e. The van der Waals surface area contributed by atoms with Gasteiger partial charge in [0.15, 0.2) is 0 Å². The quantitative estimate of drug-likeness (QED) is 0.644. The summed E-state index contributed by atoms with van der Waals surface area (Å²) < 4.78 is 0. The first-order chi connectivity index (χ1) is 12.1. The van der Waals surface area contributed by atoms with Gasteiger partial charge in [-0.1, -0.05) is 18.2 Å². The Balaban J connectivity index is 1.70. The molecule has 0 radical (unpaired) electrons. The molecule has 1 aromatic carbocycles. The number of thiazole rings is 1. The SMILES string of the molecule is Cc1nc(CSc2ccccc2C(=O)NC(C)c2cccnc2)cs1. The number of carbonyl (C=O) groups is 1. The van der Waals surface area contributed by atoms with Gasteiger partial charge in [0.05, 0.1) is 22.3 Å². The minimum Gasteiger partial charge on any atom is -0.345 e. The first kappa shape index (κ1) is 17.6. The monoisotopic (exact) mass is 369 g/mol. The van der Waals surface area contributed by atoms with E-state index in [4.69, 9.17) is 0 Å². The Morgan fingerprint density at radius 2 is 2.12 bits per heavy atom. The first-order valence-corrected chi connectivity index (χ1v) is 9.83. The average Bonchev–Trinajstić information content (AvgIpc) is 3.06. The van der Waals surface area contributed by atoms with Crippen molar-refractivity contribution in [1.29, 1.82) is 0 Å². The summed E-state index contributed by atoms with van der Waals surface area (Å²) in [6.07, 6.45) is 3.50. The fourth-order valence-electron chi connectivity index (χ4n) is 2.40. The van der Waals surface area contributed by atoms with Crippen LogP contribution in [0.3, 0.4) is 0 Å². The molecule has 25 heavy (non-hydrogen) atoms. The number of pyridine rings is 1. The van der Waals surface area contributed by atoms with E-state index in [9.17, 15) is 4.79 Å². The van der Waals surface area contributed by atoms with Gasteiger partial charge >= 0.3 is 0 Å². The number of carbonyl (C=O) groups excluding carboxylic acids is 1. The third-order valence-corrected chi connectivity index (χ3v) is 5.64. The molecular weight excluding hydrogens is 350 g/mol. The molecule has 0 aliphatic heterocycles. The number of rotatable bonds is 6. The van der Waals surface area contributed by atoms with Crippen molar-refractivity contribution in [2.45, 2.75) is 30.5 Å². The van der Waals surface area contributed by atoms with Crippen molar-refractivity contribution in [3.63, 3.8) is 0 Å². The van der Waals surface area contributed by atoms with Gasteiger partial charge in [0, 0.05) is 28.4 Å². The van der Waals surface area contributed by atoms with Gasteiger partial charge in [0.2, 0.25) is 0 Å². The molecule has 0 bridgehead atoms. The van der Waals surface area contributed by atoms with Crippen LogP contribution in [0.4, 0.5) is 0 Å². The minimum atomic E-state index is -0.0968. The number of benzene rings is 1. The van der Waals surface area contributed by atoms with Gasteiger partial charge in [0.1, 0.15) is 0 Å². The molecule has 2 heterocycles. The highest BCUT2D eigenvalue weighted by atomic mass is 32.2. The molecule has 1 N–H and O–H groups in total. The van der Waals surface area contributed by atoms with E-state index < -0.39 is 0 Å². The predicted molar refractivity (Wildman–Crippen MR) is 103 cm³/mol. The molecular formula is C19H19N3OS2. The Morgan fingerprint density at radius 1 is 1.28 bits per heavy atom. The molecule has 0 saturated carbocycles. The molecule has 3 rings (SSSR count). The lowest BCUT2D eigenvalue weighted by Gasteiger charge is -2.15. The standard InChI is InChI=1S/C19H19N3OS2/c1-13(15-6-5-9-20-10-15)21-19(23)17-7-3-4-8-18(17)25-12-16-11-24-14(2)22-16/h3-11,13H,12H2,1-2H3,(H,21,23). The topological polar surface area (TPSA) is 54.9 Å². The molecule has 2 aromatic heterocycles. The molecule has 1 unspecified atom stereocenters. The van der Waals surface area contributed by atoms with Gasteiger partial charge in [-0.2, -0.15) is 0 Å². The Morgan fingerprint density at radius 3 is 2.84 bits per heavy atom. The number of amides is 1. The van der Waals surface area contributed by atoms with Gasteiger partial charge in [-0.15, -0.1) is 23.1 Å². The fraction of sp³-hybridized carbons (Fsp3) is 0.211. The second-order valence-electron chi connectivity index (χ2n) is 5.62. The van der Waals surface area contributed by atoms with Crippen LogP contribution in [-0.2, 0) is 5.75 Å². The van der Waals surface area contributed by atoms with Crippen LogP contribution in [0.25, 0.3) is 0 Å². The molecule has 0 saturated heterocycles. The molecule has 4 nitrogen and oxygen atoms in total. The molecule has 0 aliphatic rings. The highest BCUT2D eigenvalue weighted by Crippen LogP contribution is 2.27. The van der Waals surface area contributed by atoms with Crippen molar-refractivity contribution in [3.8, 4) is 0 Å². The van der Waals surface area contributed by atoms with E-state index in [1.807, 2.05) is 50.2 Å². The second kappa shape index (κ2) is 8.27. The van der Waals surface area contributed by atoms with Gasteiger partial charge in [-0.3, -0.25) is 9.78 Å². The number of aromatic nitrogens is 2. The molecule has 0 aliphatic carbocycles. The van der Waals surface area contributed by atoms with Gasteiger partial charge in [0.25, 0.3) is 5.91 Å². The zero-order valence-electron chi connectivity index (χ0n) is 14.1. The summed E-state index contributed by atoms with van der Waals surface area (Å²) in [5.74, 6) is 0.682. The van der Waals surface area contributed by atoms with E-state index in [0.29, 0.717) is 5.56 Å². The molecule has 0 fully saturated rings. The Bertz CT molecular complexity index is 849. The zero-order valence-corrected chi connectivity index (χ0v) is 15.7. The molecule has 1 amide bonds. The minimum absolute atomic E-state index is 0.0751. The van der Waals surface area contributed by atoms with Gasteiger partial charge in [-0.25, -0.2) is 4.98 Å². The number of thioether (sulfide) groups is 1. The van der Waals surface area contributed by atoms with Gasteiger partial charge < -0.3 is 5.32 Å². The van der Waals surface area contributed by atoms with Crippen LogP contribution in [0.1, 0.15) is 39.6 Å². The molecule has 0 spiro atoms. The van der Waals surface area contributed by atoms with Crippen LogP contribution >= 0.6 is 23.1 Å². The zero-order chi connectivity index (χ0) is 17.6. The van der Waals surface area contributed by atoms with Crippen molar-refractivity contribution in [2.75, 3.05) is 0 Å². The van der Waals surface area contributed by atoms with Gasteiger partial charge in [-0.05, 0) is 37.6 Å². The van der Waals surface area contributed by atoms with Crippen LogP contribution in [0.2, 0.25) is 0 Å². The normalized spacial score (nSPS) is 11.9. The van der Waals surface area contributed by atoms with Crippen LogP contribution in [0.5, 0.6) is 0 Å². The lowest BCUT2D eigenvalue weighted by Crippen LogP contribution is -2.27. The van der Waals surface area contributed by atoms with Crippen molar-refractivity contribution in [2.24, 2.45) is 0 Å². The van der Waals surface area contributed by atoms with E-state index in [1.165, 1.54) is 0 Å². The highest BCUT2D eigenvalue weighted by molar-refractivity contribution is 7.98. The maximum atomic E-state index is 12.7. The van der Waals surface area contributed by atoms with Crippen molar-refractivity contribution < 1.29 is 4.79 Å². The van der Waals surface area contributed by atoms with E-state index in [1.54, 1.807) is 35.5 Å². The Labute approximate surface area is 155 Å². The largest absolute Gasteiger partial charge is 0.345 e. The number of hydrogen-bond donors (Lipinski definition) is 1. The lowest BCUT2D eigenvalue weighted by atomic mass is 10.1. The summed E-state index contributed by atoms with van der Waals surface area (Å²) in [6.45, 7) is 3.96. The maximum Gasteiger partial charge on any atom is 0.252 e. The predicted octanol–water partition coefficient (Wildman–Crippen LogP) is 4.63. The fourth-order valence-corrected chi connectivity index (χ4v) is 4.06. The number of nitrogens with zero attached hydrogens (tertiary/aromatic N) is 2. The van der Waals surface area contributed by atoms with Crippen molar-refractivity contribution in [1.82, 2.24) is 15.3 Å². The average molecular weight is 370 g/mol. The van der Waals surface area contributed by atoms with Crippen LogP contribution in [0.15, 0.2) is 59.1 Å². The van der Waals surface area contributed by atoms with E-state index in [0.717, 1.165) is 26.9 Å². The third kappa shape index (κ3) is 4.67. The second-order valence-corrected chi connectivity index (χ2v) is 7.70. The summed E-state index contributed by atoms with van der Waals surface area (Å²) in [5, 5.41) is 6.18. The van der Waals surface area contributed by atoms with Crippen molar-refractivity contribution in [3.05, 3.63) is 76.0 Å². The van der Waals surface area contributed by atoms with Crippen LogP contribution in [0, 0.1) is 6.92 Å². The Kier molecular flexibility index (Phi) is 5.83. The summed E-state index contributed by atoms with van der Waals surface area (Å²) in [6, 6.07) is 11.4. The van der Waals surface area contributed by atoms with E-state index in [2.05, 4.69) is 20.7 Å². The lowest BCUT2D eigenvalue weighted by molar-refractivity contribution is 0.0937.